The van der Waals surface area contributed by atoms with Crippen LogP contribution in [0.2, 0.25) is 0 Å². The Hall–Kier alpha value is -6.65. The predicted molar refractivity (Wildman–Crippen MR) is 203 cm³/mol. The van der Waals surface area contributed by atoms with Gasteiger partial charge in [0.05, 0.1) is 22.1 Å². The summed E-state index contributed by atoms with van der Waals surface area (Å²) in [6.45, 7) is 0. The molecule has 0 aliphatic heterocycles. The van der Waals surface area contributed by atoms with Crippen LogP contribution in [0.4, 0.5) is 0 Å². The van der Waals surface area contributed by atoms with Crippen molar-refractivity contribution in [2.45, 2.75) is 0 Å². The zero-order valence-corrected chi connectivity index (χ0v) is 26.5. The van der Waals surface area contributed by atoms with Gasteiger partial charge in [0.15, 0.2) is 5.82 Å². The fourth-order valence-electron chi connectivity index (χ4n) is 7.31. The maximum atomic E-state index is 5.35. The Morgan fingerprint density at radius 1 is 0.408 bits per heavy atom. The molecular weight excluding hydrogens is 597 g/mol. The molecule has 0 radical (unpaired) electrons. The Labute approximate surface area is 282 Å². The second-order valence-corrected chi connectivity index (χ2v) is 12.5. The molecule has 0 aliphatic rings. The third-order valence-corrected chi connectivity index (χ3v) is 9.65. The number of fused-ring (bicyclic) bond motifs is 7. The van der Waals surface area contributed by atoms with Gasteiger partial charge in [0.25, 0.3) is 0 Å². The molecule has 0 spiro atoms. The number of nitrogens with zero attached hydrogens (tertiary/aromatic N) is 4. The van der Waals surface area contributed by atoms with Crippen LogP contribution < -0.4 is 0 Å². The molecule has 0 unspecified atom stereocenters. The van der Waals surface area contributed by atoms with Gasteiger partial charge in [-0.1, -0.05) is 127 Å². The van der Waals surface area contributed by atoms with Gasteiger partial charge in [-0.15, -0.1) is 0 Å². The van der Waals surface area contributed by atoms with Gasteiger partial charge in [0.1, 0.15) is 5.69 Å². The smallest absolute Gasteiger partial charge is 0.164 e. The van der Waals surface area contributed by atoms with Crippen LogP contribution in [0.1, 0.15) is 0 Å². The van der Waals surface area contributed by atoms with E-state index < -0.39 is 0 Å². The monoisotopic (exact) mass is 624 g/mol. The van der Waals surface area contributed by atoms with E-state index in [-0.39, 0.29) is 0 Å². The van der Waals surface area contributed by atoms with Crippen molar-refractivity contribution in [2.75, 3.05) is 0 Å². The fourth-order valence-corrected chi connectivity index (χ4v) is 7.31. The lowest BCUT2D eigenvalue weighted by molar-refractivity contribution is 1.08. The van der Waals surface area contributed by atoms with Gasteiger partial charge >= 0.3 is 0 Å². The zero-order valence-electron chi connectivity index (χ0n) is 26.5. The van der Waals surface area contributed by atoms with E-state index in [0.717, 1.165) is 61.2 Å². The molecule has 3 aromatic heterocycles. The Morgan fingerprint density at radius 3 is 1.63 bits per heavy atom. The molecule has 49 heavy (non-hydrogen) atoms. The minimum absolute atomic E-state index is 0.830. The first-order valence-electron chi connectivity index (χ1n) is 16.5. The second-order valence-electron chi connectivity index (χ2n) is 12.5. The molecule has 0 aliphatic carbocycles. The molecule has 0 fully saturated rings. The van der Waals surface area contributed by atoms with Crippen LogP contribution in [-0.2, 0) is 0 Å². The first-order chi connectivity index (χ1) is 24.3. The highest BCUT2D eigenvalue weighted by Gasteiger charge is 2.17. The van der Waals surface area contributed by atoms with Crippen molar-refractivity contribution in [3.63, 3.8) is 0 Å². The Balaban J connectivity index is 1.09. The molecule has 0 atom stereocenters. The van der Waals surface area contributed by atoms with Crippen LogP contribution in [0.5, 0.6) is 0 Å². The van der Waals surface area contributed by atoms with Gasteiger partial charge in [-0.05, 0) is 63.9 Å². The summed E-state index contributed by atoms with van der Waals surface area (Å²) in [6.07, 6.45) is 1.81. The largest absolute Gasteiger partial charge is 0.291 e. The van der Waals surface area contributed by atoms with Gasteiger partial charge in [0.2, 0.25) is 0 Å². The Kier molecular flexibility index (Phi) is 6.15. The number of pyridine rings is 2. The van der Waals surface area contributed by atoms with E-state index in [1.165, 1.54) is 32.7 Å². The van der Waals surface area contributed by atoms with E-state index >= 15 is 0 Å². The third kappa shape index (κ3) is 4.42. The number of imidazole rings is 1. The average molecular weight is 625 g/mol. The highest BCUT2D eigenvalue weighted by molar-refractivity contribution is 6.21. The summed E-state index contributed by atoms with van der Waals surface area (Å²) in [5.74, 6) is 0.830. The summed E-state index contributed by atoms with van der Waals surface area (Å²) >= 11 is 0. The highest BCUT2D eigenvalue weighted by atomic mass is 15.1. The number of hydrogen-bond acceptors (Lipinski definition) is 3. The number of hydrogen-bond donors (Lipinski definition) is 0. The SMILES string of the molecule is c1ccc(-c2nc3ccccc3n2-c2ccc(-c3ccc(-c4c5ccc6ccccc6c5nc5c4ccc4ccccc45)cc3)cc2)nc1. The first kappa shape index (κ1) is 27.5. The van der Waals surface area contributed by atoms with Crippen molar-refractivity contribution in [3.8, 4) is 39.5 Å². The molecule has 0 bridgehead atoms. The van der Waals surface area contributed by atoms with Crippen LogP contribution in [-0.4, -0.2) is 19.5 Å². The van der Waals surface area contributed by atoms with Crippen molar-refractivity contribution in [1.29, 1.82) is 0 Å². The second kappa shape index (κ2) is 11.0. The summed E-state index contributed by atoms with van der Waals surface area (Å²) in [6, 6.07) is 57.9. The van der Waals surface area contributed by atoms with Gasteiger partial charge in [-0.2, -0.15) is 0 Å². The topological polar surface area (TPSA) is 43.6 Å². The van der Waals surface area contributed by atoms with Crippen LogP contribution in [0.25, 0.3) is 93.8 Å². The molecule has 228 valence electrons. The minimum atomic E-state index is 0.830. The van der Waals surface area contributed by atoms with Crippen LogP contribution in [0.3, 0.4) is 0 Å². The molecule has 4 nitrogen and oxygen atoms in total. The van der Waals surface area contributed by atoms with E-state index in [1.807, 2.05) is 36.5 Å². The molecule has 0 saturated heterocycles. The molecule has 10 rings (SSSR count). The minimum Gasteiger partial charge on any atom is -0.291 e. The summed E-state index contributed by atoms with van der Waals surface area (Å²) < 4.78 is 2.19. The summed E-state index contributed by atoms with van der Waals surface area (Å²) in [5.41, 5.74) is 10.7. The summed E-state index contributed by atoms with van der Waals surface area (Å²) in [7, 11) is 0. The molecular formula is C45H28N4. The van der Waals surface area contributed by atoms with Crippen molar-refractivity contribution in [3.05, 3.63) is 170 Å². The third-order valence-electron chi connectivity index (χ3n) is 9.65. The number of rotatable bonds is 4. The lowest BCUT2D eigenvalue weighted by atomic mass is 9.91. The average Bonchev–Trinajstić information content (AvgIpc) is 3.57. The van der Waals surface area contributed by atoms with E-state index in [4.69, 9.17) is 9.97 Å². The van der Waals surface area contributed by atoms with Crippen molar-refractivity contribution in [1.82, 2.24) is 19.5 Å². The molecule has 4 heteroatoms. The Morgan fingerprint density at radius 2 is 0.980 bits per heavy atom. The van der Waals surface area contributed by atoms with E-state index in [0.29, 0.717) is 0 Å². The normalized spacial score (nSPS) is 11.7. The van der Waals surface area contributed by atoms with Crippen LogP contribution in [0, 0.1) is 0 Å². The number of benzene rings is 7. The molecule has 7 aromatic carbocycles. The van der Waals surface area contributed by atoms with Crippen LogP contribution in [0.15, 0.2) is 170 Å². The van der Waals surface area contributed by atoms with Gasteiger partial charge in [0, 0.05) is 39.0 Å². The lowest BCUT2D eigenvalue weighted by Crippen LogP contribution is -1.98. The van der Waals surface area contributed by atoms with Gasteiger partial charge < -0.3 is 0 Å². The van der Waals surface area contributed by atoms with Gasteiger partial charge in [-0.3, -0.25) is 9.55 Å². The van der Waals surface area contributed by atoms with Crippen molar-refractivity contribution >= 4 is 54.4 Å². The zero-order chi connectivity index (χ0) is 32.3. The van der Waals surface area contributed by atoms with Crippen LogP contribution >= 0.6 is 0 Å². The number of aromatic nitrogens is 4. The maximum absolute atomic E-state index is 5.35. The number of para-hydroxylation sites is 2. The lowest BCUT2D eigenvalue weighted by Gasteiger charge is -2.15. The molecule has 10 aromatic rings. The maximum Gasteiger partial charge on any atom is 0.164 e. The van der Waals surface area contributed by atoms with E-state index in [2.05, 4.69) is 143 Å². The first-order valence-corrected chi connectivity index (χ1v) is 16.5. The predicted octanol–water partition coefficient (Wildman–Crippen LogP) is 11.4. The molecule has 0 N–H and O–H groups in total. The molecule has 3 heterocycles. The van der Waals surface area contributed by atoms with Gasteiger partial charge in [-0.25, -0.2) is 9.97 Å². The standard InChI is InChI=1S/C45H28N4/c1-3-11-35-31(9-1)22-26-37-42(38-27-23-32-10-2-4-12-36(32)44(38)48-43(35)37)33-18-16-29(17-19-33)30-20-24-34(25-21-30)49-41-15-6-5-13-39(41)47-45(49)40-14-7-8-28-46-40/h1-28H. The molecule has 0 saturated carbocycles. The van der Waals surface area contributed by atoms with E-state index in [9.17, 15) is 0 Å². The summed E-state index contributed by atoms with van der Waals surface area (Å²) in [4.78, 5) is 14.9. The molecule has 0 amide bonds. The van der Waals surface area contributed by atoms with Crippen molar-refractivity contribution in [2.24, 2.45) is 0 Å². The Bertz CT molecular complexity index is 2760. The van der Waals surface area contributed by atoms with Crippen molar-refractivity contribution < 1.29 is 0 Å². The quantitative estimate of drug-likeness (QED) is 0.145. The summed E-state index contributed by atoms with van der Waals surface area (Å²) in [5, 5.41) is 7.06. The van der Waals surface area contributed by atoms with E-state index in [1.54, 1.807) is 0 Å². The highest BCUT2D eigenvalue weighted by Crippen LogP contribution is 2.40. The fraction of sp³-hybridized carbons (Fsp3) is 0.